The van der Waals surface area contributed by atoms with Gasteiger partial charge in [-0.25, -0.2) is 4.98 Å². The van der Waals surface area contributed by atoms with Crippen molar-refractivity contribution in [3.05, 3.63) is 59.3 Å². The third kappa shape index (κ3) is 3.28. The molecule has 5 nitrogen and oxygen atoms in total. The molecule has 5 heteroatoms. The standard InChI is InChI=1S/C21H22N4O/c22-12-16-7-8-20(23-13-16)24-10-3-6-19(15-24)21(26)25-11-9-17-4-1-2-5-18(17)14-25/h1-2,4-5,7-8,13,19H,3,6,9-11,14-15H2. The van der Waals surface area contributed by atoms with E-state index in [0.717, 1.165) is 44.7 Å². The lowest BCUT2D eigenvalue weighted by molar-refractivity contribution is -0.136. The number of carbonyl (C=O) groups excluding carboxylic acids is 1. The van der Waals surface area contributed by atoms with Gasteiger partial charge in [-0.15, -0.1) is 0 Å². The highest BCUT2D eigenvalue weighted by atomic mass is 16.2. The number of pyridine rings is 1. The van der Waals surface area contributed by atoms with E-state index >= 15 is 0 Å². The van der Waals surface area contributed by atoms with Crippen LogP contribution in [0.2, 0.25) is 0 Å². The van der Waals surface area contributed by atoms with E-state index in [2.05, 4.69) is 34.2 Å². The van der Waals surface area contributed by atoms with Gasteiger partial charge >= 0.3 is 0 Å². The Hall–Kier alpha value is -2.87. The molecule has 26 heavy (non-hydrogen) atoms. The maximum Gasteiger partial charge on any atom is 0.227 e. The zero-order valence-electron chi connectivity index (χ0n) is 14.8. The van der Waals surface area contributed by atoms with Gasteiger partial charge in [0.05, 0.1) is 11.5 Å². The second-order valence-corrected chi connectivity index (χ2v) is 7.08. The van der Waals surface area contributed by atoms with Crippen LogP contribution in [0.4, 0.5) is 5.82 Å². The Morgan fingerprint density at radius 1 is 1.15 bits per heavy atom. The van der Waals surface area contributed by atoms with E-state index in [1.807, 2.05) is 17.0 Å². The third-order valence-corrected chi connectivity index (χ3v) is 5.41. The van der Waals surface area contributed by atoms with E-state index in [0.29, 0.717) is 12.1 Å². The first kappa shape index (κ1) is 16.6. The average Bonchev–Trinajstić information content (AvgIpc) is 2.73. The minimum atomic E-state index is 0.0199. The van der Waals surface area contributed by atoms with Crippen molar-refractivity contribution >= 4 is 11.7 Å². The highest BCUT2D eigenvalue weighted by Crippen LogP contribution is 2.26. The first-order valence-electron chi connectivity index (χ1n) is 9.21. The highest BCUT2D eigenvalue weighted by Gasteiger charge is 2.31. The molecule has 0 spiro atoms. The number of amides is 1. The Morgan fingerprint density at radius 3 is 2.77 bits per heavy atom. The SMILES string of the molecule is N#Cc1ccc(N2CCCC(C(=O)N3CCc4ccccc4C3)C2)nc1. The summed E-state index contributed by atoms with van der Waals surface area (Å²) < 4.78 is 0. The number of nitrogens with zero attached hydrogens (tertiary/aromatic N) is 4. The zero-order valence-corrected chi connectivity index (χ0v) is 14.8. The van der Waals surface area contributed by atoms with E-state index in [1.165, 1.54) is 11.1 Å². The molecule has 0 N–H and O–H groups in total. The van der Waals surface area contributed by atoms with Crippen LogP contribution in [-0.2, 0) is 17.8 Å². The van der Waals surface area contributed by atoms with Crippen molar-refractivity contribution < 1.29 is 4.79 Å². The number of rotatable bonds is 2. The molecular formula is C21H22N4O. The third-order valence-electron chi connectivity index (χ3n) is 5.41. The molecule has 1 aromatic heterocycles. The summed E-state index contributed by atoms with van der Waals surface area (Å²) in [6.45, 7) is 3.14. The second kappa shape index (κ2) is 7.17. The van der Waals surface area contributed by atoms with E-state index in [1.54, 1.807) is 12.3 Å². The monoisotopic (exact) mass is 346 g/mol. The molecule has 1 atom stereocenters. The number of benzene rings is 1. The van der Waals surface area contributed by atoms with Gasteiger partial charge < -0.3 is 9.80 Å². The molecule has 1 fully saturated rings. The molecule has 1 saturated heterocycles. The van der Waals surface area contributed by atoms with Crippen LogP contribution in [0.15, 0.2) is 42.6 Å². The summed E-state index contributed by atoms with van der Waals surface area (Å²) in [7, 11) is 0. The molecule has 0 saturated carbocycles. The van der Waals surface area contributed by atoms with Crippen LogP contribution in [-0.4, -0.2) is 35.4 Å². The molecule has 4 rings (SSSR count). The lowest BCUT2D eigenvalue weighted by Crippen LogP contribution is -2.46. The van der Waals surface area contributed by atoms with Crippen LogP contribution in [0.5, 0.6) is 0 Å². The van der Waals surface area contributed by atoms with Crippen LogP contribution < -0.4 is 4.90 Å². The number of anilines is 1. The molecule has 3 heterocycles. The summed E-state index contributed by atoms with van der Waals surface area (Å²) in [6, 6.07) is 14.2. The fraction of sp³-hybridized carbons (Fsp3) is 0.381. The zero-order chi connectivity index (χ0) is 17.9. The van der Waals surface area contributed by atoms with Gasteiger partial charge in [-0.2, -0.15) is 5.26 Å². The van der Waals surface area contributed by atoms with Gasteiger partial charge in [0.1, 0.15) is 11.9 Å². The molecule has 0 aliphatic carbocycles. The van der Waals surface area contributed by atoms with Gasteiger partial charge in [0.2, 0.25) is 5.91 Å². The smallest absolute Gasteiger partial charge is 0.227 e. The Bertz CT molecular complexity index is 840. The maximum atomic E-state index is 13.1. The molecule has 2 aliphatic rings. The quantitative estimate of drug-likeness (QED) is 0.839. The van der Waals surface area contributed by atoms with E-state index in [-0.39, 0.29) is 11.8 Å². The van der Waals surface area contributed by atoms with Crippen molar-refractivity contribution in [1.29, 1.82) is 5.26 Å². The number of fused-ring (bicyclic) bond motifs is 1. The first-order valence-corrected chi connectivity index (χ1v) is 9.21. The van der Waals surface area contributed by atoms with Crippen LogP contribution in [0.1, 0.15) is 29.5 Å². The van der Waals surface area contributed by atoms with Crippen molar-refractivity contribution in [3.8, 4) is 6.07 Å². The Balaban J connectivity index is 1.44. The number of carbonyl (C=O) groups is 1. The van der Waals surface area contributed by atoms with Gasteiger partial charge in [0.15, 0.2) is 0 Å². The summed E-state index contributed by atoms with van der Waals surface area (Å²) in [5.74, 6) is 1.13. The lowest BCUT2D eigenvalue weighted by Gasteiger charge is -2.37. The summed E-state index contributed by atoms with van der Waals surface area (Å²) in [6.07, 6.45) is 4.46. The predicted molar refractivity (Wildman–Crippen MR) is 99.5 cm³/mol. The maximum absolute atomic E-state index is 13.1. The first-order chi connectivity index (χ1) is 12.7. The van der Waals surface area contributed by atoms with Gasteiger partial charge in [-0.3, -0.25) is 4.79 Å². The summed E-state index contributed by atoms with van der Waals surface area (Å²) >= 11 is 0. The van der Waals surface area contributed by atoms with Gasteiger partial charge in [-0.1, -0.05) is 24.3 Å². The summed E-state index contributed by atoms with van der Waals surface area (Å²) in [4.78, 5) is 21.7. The van der Waals surface area contributed by atoms with E-state index in [9.17, 15) is 4.79 Å². The number of aromatic nitrogens is 1. The van der Waals surface area contributed by atoms with Crippen LogP contribution in [0.25, 0.3) is 0 Å². The average molecular weight is 346 g/mol. The van der Waals surface area contributed by atoms with Gasteiger partial charge in [-0.05, 0) is 42.5 Å². The van der Waals surface area contributed by atoms with Crippen molar-refractivity contribution in [1.82, 2.24) is 9.88 Å². The van der Waals surface area contributed by atoms with Gasteiger partial charge in [0.25, 0.3) is 0 Å². The molecule has 1 unspecified atom stereocenters. The molecule has 2 aliphatic heterocycles. The fourth-order valence-electron chi connectivity index (χ4n) is 3.97. The highest BCUT2D eigenvalue weighted by molar-refractivity contribution is 5.80. The van der Waals surface area contributed by atoms with E-state index in [4.69, 9.17) is 5.26 Å². The predicted octanol–water partition coefficient (Wildman–Crippen LogP) is 2.75. The number of nitriles is 1. The number of piperidine rings is 1. The lowest BCUT2D eigenvalue weighted by atomic mass is 9.94. The van der Waals surface area contributed by atoms with E-state index < -0.39 is 0 Å². The molecule has 2 aromatic rings. The number of hydrogen-bond acceptors (Lipinski definition) is 4. The normalized spacial score (nSPS) is 19.6. The second-order valence-electron chi connectivity index (χ2n) is 7.08. The van der Waals surface area contributed by atoms with Crippen molar-refractivity contribution in [2.24, 2.45) is 5.92 Å². The molecule has 0 bridgehead atoms. The van der Waals surface area contributed by atoms with Crippen LogP contribution in [0, 0.1) is 17.2 Å². The minimum Gasteiger partial charge on any atom is -0.356 e. The molecule has 1 aromatic carbocycles. The van der Waals surface area contributed by atoms with Gasteiger partial charge in [0, 0.05) is 32.4 Å². The Kier molecular flexibility index (Phi) is 4.57. The minimum absolute atomic E-state index is 0.0199. The fourth-order valence-corrected chi connectivity index (χ4v) is 3.97. The molecule has 1 amide bonds. The molecule has 0 radical (unpaired) electrons. The summed E-state index contributed by atoms with van der Waals surface area (Å²) in [5, 5.41) is 8.91. The van der Waals surface area contributed by atoms with Crippen molar-refractivity contribution in [3.63, 3.8) is 0 Å². The van der Waals surface area contributed by atoms with Crippen LogP contribution >= 0.6 is 0 Å². The largest absolute Gasteiger partial charge is 0.356 e. The Morgan fingerprint density at radius 2 is 2.00 bits per heavy atom. The van der Waals surface area contributed by atoms with Crippen LogP contribution in [0.3, 0.4) is 0 Å². The van der Waals surface area contributed by atoms with Crippen molar-refractivity contribution in [2.45, 2.75) is 25.8 Å². The molecular weight excluding hydrogens is 324 g/mol. The number of hydrogen-bond donors (Lipinski definition) is 0. The van der Waals surface area contributed by atoms with Crippen molar-refractivity contribution in [2.75, 3.05) is 24.5 Å². The topological polar surface area (TPSA) is 60.2 Å². The molecule has 132 valence electrons. The summed E-state index contributed by atoms with van der Waals surface area (Å²) in [5.41, 5.74) is 3.20. The Labute approximate surface area is 153 Å².